The number of hydrogen-bond donors (Lipinski definition) is 1. The SMILES string of the molecule is N#CC1CNCCN1C(=O)c1ccc(Cl)cn1. The molecule has 17 heavy (non-hydrogen) atoms. The van der Waals surface area contributed by atoms with Crippen LogP contribution in [-0.4, -0.2) is 41.5 Å². The molecule has 1 unspecified atom stereocenters. The number of rotatable bonds is 1. The Balaban J connectivity index is 2.18. The van der Waals surface area contributed by atoms with Crippen LogP contribution in [0.15, 0.2) is 18.3 Å². The van der Waals surface area contributed by atoms with E-state index in [1.165, 1.54) is 11.1 Å². The molecule has 1 aliphatic heterocycles. The van der Waals surface area contributed by atoms with Gasteiger partial charge in [-0.1, -0.05) is 11.6 Å². The van der Waals surface area contributed by atoms with E-state index in [1.54, 1.807) is 12.1 Å². The zero-order valence-electron chi connectivity index (χ0n) is 9.06. The van der Waals surface area contributed by atoms with Crippen molar-refractivity contribution in [3.63, 3.8) is 0 Å². The Morgan fingerprint density at radius 1 is 1.65 bits per heavy atom. The third-order valence-electron chi connectivity index (χ3n) is 2.60. The minimum Gasteiger partial charge on any atom is -0.319 e. The molecule has 1 N–H and O–H groups in total. The Labute approximate surface area is 104 Å². The number of pyridine rings is 1. The van der Waals surface area contributed by atoms with Crippen LogP contribution in [0.5, 0.6) is 0 Å². The molecule has 1 aromatic heterocycles. The van der Waals surface area contributed by atoms with Gasteiger partial charge in [0.05, 0.1) is 11.1 Å². The molecular formula is C11H11ClN4O. The molecule has 0 aromatic carbocycles. The van der Waals surface area contributed by atoms with E-state index in [-0.39, 0.29) is 5.91 Å². The minimum absolute atomic E-state index is 0.227. The number of nitrogens with one attached hydrogen (secondary N) is 1. The molecule has 1 saturated heterocycles. The number of hydrogen-bond acceptors (Lipinski definition) is 4. The quantitative estimate of drug-likeness (QED) is 0.796. The number of aromatic nitrogens is 1. The van der Waals surface area contributed by atoms with Crippen molar-refractivity contribution in [3.8, 4) is 6.07 Å². The summed E-state index contributed by atoms with van der Waals surface area (Å²) in [6.07, 6.45) is 1.43. The number of carbonyl (C=O) groups is 1. The van der Waals surface area contributed by atoms with Gasteiger partial charge >= 0.3 is 0 Å². The van der Waals surface area contributed by atoms with Gasteiger partial charge < -0.3 is 10.2 Å². The third kappa shape index (κ3) is 2.54. The third-order valence-corrected chi connectivity index (χ3v) is 2.82. The van der Waals surface area contributed by atoms with Crippen LogP contribution < -0.4 is 5.32 Å². The molecule has 2 rings (SSSR count). The van der Waals surface area contributed by atoms with E-state index in [1.807, 2.05) is 0 Å². The molecule has 0 saturated carbocycles. The van der Waals surface area contributed by atoms with Gasteiger partial charge in [0.1, 0.15) is 11.7 Å². The fourth-order valence-electron chi connectivity index (χ4n) is 1.71. The van der Waals surface area contributed by atoms with E-state index >= 15 is 0 Å². The lowest BCUT2D eigenvalue weighted by Gasteiger charge is -2.31. The van der Waals surface area contributed by atoms with Gasteiger partial charge in [-0.2, -0.15) is 5.26 Å². The number of amides is 1. The van der Waals surface area contributed by atoms with Crippen molar-refractivity contribution in [2.24, 2.45) is 0 Å². The van der Waals surface area contributed by atoms with Gasteiger partial charge in [0.15, 0.2) is 0 Å². The summed E-state index contributed by atoms with van der Waals surface area (Å²) in [5.74, 6) is -0.227. The maximum atomic E-state index is 12.1. The molecule has 0 radical (unpaired) electrons. The standard InChI is InChI=1S/C11H11ClN4O/c12-8-1-2-10(15-6-8)11(17)16-4-3-14-7-9(16)5-13/h1-2,6,9,14H,3-4,7H2. The van der Waals surface area contributed by atoms with Crippen LogP contribution in [0.3, 0.4) is 0 Å². The number of piperazine rings is 1. The first-order valence-electron chi connectivity index (χ1n) is 5.25. The van der Waals surface area contributed by atoms with E-state index in [0.29, 0.717) is 30.4 Å². The van der Waals surface area contributed by atoms with Gasteiger partial charge in [-0.05, 0) is 12.1 Å². The Morgan fingerprint density at radius 3 is 3.12 bits per heavy atom. The Hall–Kier alpha value is -1.64. The minimum atomic E-state index is -0.436. The van der Waals surface area contributed by atoms with E-state index in [4.69, 9.17) is 16.9 Å². The van der Waals surface area contributed by atoms with Crippen LogP contribution in [0.25, 0.3) is 0 Å². The van der Waals surface area contributed by atoms with Crippen molar-refractivity contribution in [3.05, 3.63) is 29.0 Å². The largest absolute Gasteiger partial charge is 0.319 e. The summed E-state index contributed by atoms with van der Waals surface area (Å²) in [5, 5.41) is 12.5. The Kier molecular flexibility index (Phi) is 3.57. The van der Waals surface area contributed by atoms with Crippen molar-refractivity contribution in [1.29, 1.82) is 5.26 Å². The molecule has 1 atom stereocenters. The van der Waals surface area contributed by atoms with Crippen LogP contribution in [-0.2, 0) is 0 Å². The lowest BCUT2D eigenvalue weighted by molar-refractivity contribution is 0.0681. The highest BCUT2D eigenvalue weighted by molar-refractivity contribution is 6.30. The molecule has 0 bridgehead atoms. The monoisotopic (exact) mass is 250 g/mol. The molecule has 0 spiro atoms. The van der Waals surface area contributed by atoms with Crippen molar-refractivity contribution in [2.75, 3.05) is 19.6 Å². The second kappa shape index (κ2) is 5.13. The van der Waals surface area contributed by atoms with Crippen LogP contribution in [0.1, 0.15) is 10.5 Å². The van der Waals surface area contributed by atoms with Gasteiger partial charge in [-0.3, -0.25) is 4.79 Å². The fraction of sp³-hybridized carbons (Fsp3) is 0.364. The first kappa shape index (κ1) is 11.8. The van der Waals surface area contributed by atoms with Crippen molar-refractivity contribution in [2.45, 2.75) is 6.04 Å². The first-order valence-corrected chi connectivity index (χ1v) is 5.63. The fourth-order valence-corrected chi connectivity index (χ4v) is 1.82. The average Bonchev–Trinajstić information content (AvgIpc) is 2.39. The molecule has 5 nitrogen and oxygen atoms in total. The summed E-state index contributed by atoms with van der Waals surface area (Å²) in [7, 11) is 0. The summed E-state index contributed by atoms with van der Waals surface area (Å²) < 4.78 is 0. The summed E-state index contributed by atoms with van der Waals surface area (Å²) in [6.45, 7) is 1.70. The van der Waals surface area contributed by atoms with Gasteiger partial charge in [0.2, 0.25) is 0 Å². The topological polar surface area (TPSA) is 69.0 Å². The number of nitrogens with zero attached hydrogens (tertiary/aromatic N) is 3. The van der Waals surface area contributed by atoms with Gasteiger partial charge in [0.25, 0.3) is 5.91 Å². The van der Waals surface area contributed by atoms with Crippen LogP contribution in [0.4, 0.5) is 0 Å². The van der Waals surface area contributed by atoms with E-state index in [9.17, 15) is 4.79 Å². The molecule has 6 heteroatoms. The zero-order valence-corrected chi connectivity index (χ0v) is 9.81. The number of halogens is 1. The maximum absolute atomic E-state index is 12.1. The molecule has 1 aromatic rings. The van der Waals surface area contributed by atoms with Gasteiger partial charge in [-0.25, -0.2) is 4.98 Å². The van der Waals surface area contributed by atoms with Crippen molar-refractivity contribution >= 4 is 17.5 Å². The molecule has 1 amide bonds. The average molecular weight is 251 g/mol. The summed E-state index contributed by atoms with van der Waals surface area (Å²) >= 11 is 5.71. The number of carbonyl (C=O) groups excluding carboxylic acids is 1. The highest BCUT2D eigenvalue weighted by Gasteiger charge is 2.27. The Morgan fingerprint density at radius 2 is 2.47 bits per heavy atom. The normalized spacial score (nSPS) is 19.8. The predicted molar refractivity (Wildman–Crippen MR) is 62.6 cm³/mol. The summed E-state index contributed by atoms with van der Waals surface area (Å²) in [6, 6.07) is 4.86. The van der Waals surface area contributed by atoms with Crippen molar-refractivity contribution < 1.29 is 4.79 Å². The Bertz CT molecular complexity index is 454. The smallest absolute Gasteiger partial charge is 0.273 e. The molecule has 0 aliphatic carbocycles. The number of nitriles is 1. The van der Waals surface area contributed by atoms with Crippen LogP contribution >= 0.6 is 11.6 Å². The van der Waals surface area contributed by atoms with E-state index < -0.39 is 6.04 Å². The molecule has 2 heterocycles. The lowest BCUT2D eigenvalue weighted by atomic mass is 10.2. The van der Waals surface area contributed by atoms with Crippen molar-refractivity contribution in [1.82, 2.24) is 15.2 Å². The molecule has 1 fully saturated rings. The maximum Gasteiger partial charge on any atom is 0.273 e. The summed E-state index contributed by atoms with van der Waals surface area (Å²) in [5.41, 5.74) is 0.316. The predicted octanol–water partition coefficient (Wildman–Crippen LogP) is 0.673. The first-order chi connectivity index (χ1) is 8.22. The molecular weight excluding hydrogens is 240 g/mol. The highest BCUT2D eigenvalue weighted by Crippen LogP contribution is 2.11. The second-order valence-electron chi connectivity index (χ2n) is 3.71. The van der Waals surface area contributed by atoms with Crippen LogP contribution in [0.2, 0.25) is 5.02 Å². The van der Waals surface area contributed by atoms with Gasteiger partial charge in [0, 0.05) is 25.8 Å². The molecule has 88 valence electrons. The highest BCUT2D eigenvalue weighted by atomic mass is 35.5. The van der Waals surface area contributed by atoms with E-state index in [0.717, 1.165) is 0 Å². The molecule has 1 aliphatic rings. The van der Waals surface area contributed by atoms with Gasteiger partial charge in [-0.15, -0.1) is 0 Å². The lowest BCUT2D eigenvalue weighted by Crippen LogP contribution is -2.53. The van der Waals surface area contributed by atoms with Crippen LogP contribution in [0, 0.1) is 11.3 Å². The summed E-state index contributed by atoms with van der Waals surface area (Å²) in [4.78, 5) is 17.6. The zero-order chi connectivity index (χ0) is 12.3. The van der Waals surface area contributed by atoms with E-state index in [2.05, 4.69) is 16.4 Å². The second-order valence-corrected chi connectivity index (χ2v) is 4.15.